The van der Waals surface area contributed by atoms with Crippen molar-refractivity contribution < 1.29 is 14.7 Å². The van der Waals surface area contributed by atoms with Gasteiger partial charge in [-0.05, 0) is 32.2 Å². The van der Waals surface area contributed by atoms with E-state index in [-0.39, 0.29) is 5.91 Å². The number of hydrogen-bond donors (Lipinski definition) is 2. The van der Waals surface area contributed by atoms with Crippen LogP contribution in [-0.2, 0) is 9.59 Å². The minimum absolute atomic E-state index is 0.101. The second kappa shape index (κ2) is 7.48. The summed E-state index contributed by atoms with van der Waals surface area (Å²) in [7, 11) is 0. The molecule has 110 valence electrons. The number of hydrogen-bond acceptors (Lipinski definition) is 3. The Morgan fingerprint density at radius 1 is 1.26 bits per heavy atom. The Morgan fingerprint density at radius 2 is 1.95 bits per heavy atom. The SMILES string of the molecule is CCC1(C(=O)O)CCN(C(=O)CCCCCCN)C1. The molecule has 0 aromatic rings. The van der Waals surface area contributed by atoms with Gasteiger partial charge in [-0.3, -0.25) is 9.59 Å². The van der Waals surface area contributed by atoms with Crippen LogP contribution in [0, 0.1) is 5.41 Å². The first-order chi connectivity index (χ1) is 9.05. The molecule has 1 heterocycles. The first kappa shape index (κ1) is 16.0. The summed E-state index contributed by atoms with van der Waals surface area (Å²) in [6, 6.07) is 0. The highest BCUT2D eigenvalue weighted by atomic mass is 16.4. The maximum atomic E-state index is 12.0. The molecule has 0 aliphatic carbocycles. The number of carboxylic acid groups (broad SMARTS) is 1. The van der Waals surface area contributed by atoms with Crippen molar-refractivity contribution in [3.63, 3.8) is 0 Å². The lowest BCUT2D eigenvalue weighted by atomic mass is 9.84. The first-order valence-corrected chi connectivity index (χ1v) is 7.27. The van der Waals surface area contributed by atoms with Crippen LogP contribution in [0.4, 0.5) is 0 Å². The fraction of sp³-hybridized carbons (Fsp3) is 0.857. The molecule has 0 saturated carbocycles. The number of carbonyl (C=O) groups is 2. The van der Waals surface area contributed by atoms with Gasteiger partial charge in [-0.1, -0.05) is 19.8 Å². The van der Waals surface area contributed by atoms with Crippen molar-refractivity contribution in [3.8, 4) is 0 Å². The van der Waals surface area contributed by atoms with E-state index in [0.717, 1.165) is 25.7 Å². The van der Waals surface area contributed by atoms with Gasteiger partial charge in [0.15, 0.2) is 0 Å². The molecule has 19 heavy (non-hydrogen) atoms. The number of likely N-dealkylation sites (tertiary alicyclic amines) is 1. The minimum Gasteiger partial charge on any atom is -0.481 e. The molecular weight excluding hydrogens is 244 g/mol. The van der Waals surface area contributed by atoms with Crippen molar-refractivity contribution in [1.82, 2.24) is 4.90 Å². The van der Waals surface area contributed by atoms with Gasteiger partial charge < -0.3 is 15.7 Å². The van der Waals surface area contributed by atoms with Crippen molar-refractivity contribution in [3.05, 3.63) is 0 Å². The molecule has 1 amide bonds. The van der Waals surface area contributed by atoms with Gasteiger partial charge in [-0.25, -0.2) is 0 Å². The summed E-state index contributed by atoms with van der Waals surface area (Å²) in [6.45, 7) is 3.55. The minimum atomic E-state index is -0.770. The number of nitrogens with zero attached hydrogens (tertiary/aromatic N) is 1. The van der Waals surface area contributed by atoms with Crippen molar-refractivity contribution >= 4 is 11.9 Å². The van der Waals surface area contributed by atoms with E-state index in [1.807, 2.05) is 6.92 Å². The molecule has 1 rings (SSSR count). The zero-order chi connectivity index (χ0) is 14.3. The molecule has 1 atom stereocenters. The van der Waals surface area contributed by atoms with Gasteiger partial charge in [0, 0.05) is 19.5 Å². The molecule has 0 bridgehead atoms. The van der Waals surface area contributed by atoms with Crippen LogP contribution in [0.2, 0.25) is 0 Å². The summed E-state index contributed by atoms with van der Waals surface area (Å²) in [5, 5.41) is 9.29. The normalized spacial score (nSPS) is 22.7. The van der Waals surface area contributed by atoms with Crippen molar-refractivity contribution in [2.24, 2.45) is 11.1 Å². The molecule has 1 aliphatic heterocycles. The number of nitrogens with two attached hydrogens (primary N) is 1. The van der Waals surface area contributed by atoms with Gasteiger partial charge in [0.1, 0.15) is 0 Å². The highest BCUT2D eigenvalue weighted by Gasteiger charge is 2.44. The molecule has 0 spiro atoms. The lowest BCUT2D eigenvalue weighted by Gasteiger charge is -2.23. The fourth-order valence-electron chi connectivity index (χ4n) is 2.63. The molecule has 1 fully saturated rings. The average Bonchev–Trinajstić information content (AvgIpc) is 2.84. The number of carboxylic acids is 1. The van der Waals surface area contributed by atoms with Crippen molar-refractivity contribution in [1.29, 1.82) is 0 Å². The Kier molecular flexibility index (Phi) is 6.28. The van der Waals surface area contributed by atoms with Crippen LogP contribution in [0.5, 0.6) is 0 Å². The van der Waals surface area contributed by atoms with Crippen molar-refractivity contribution in [2.45, 2.75) is 51.9 Å². The van der Waals surface area contributed by atoms with Crippen LogP contribution in [0.25, 0.3) is 0 Å². The molecule has 0 aromatic heterocycles. The average molecular weight is 270 g/mol. The Labute approximate surface area is 115 Å². The lowest BCUT2D eigenvalue weighted by Crippen LogP contribution is -2.36. The van der Waals surface area contributed by atoms with E-state index in [9.17, 15) is 14.7 Å². The van der Waals surface area contributed by atoms with Crippen LogP contribution in [0.3, 0.4) is 0 Å². The van der Waals surface area contributed by atoms with Crippen LogP contribution >= 0.6 is 0 Å². The van der Waals surface area contributed by atoms with Gasteiger partial charge >= 0.3 is 5.97 Å². The van der Waals surface area contributed by atoms with Crippen LogP contribution in [0.15, 0.2) is 0 Å². The number of unbranched alkanes of at least 4 members (excludes halogenated alkanes) is 3. The van der Waals surface area contributed by atoms with E-state index in [2.05, 4.69) is 0 Å². The van der Waals surface area contributed by atoms with E-state index < -0.39 is 11.4 Å². The highest BCUT2D eigenvalue weighted by molar-refractivity contribution is 5.80. The molecule has 1 unspecified atom stereocenters. The second-order valence-corrected chi connectivity index (χ2v) is 5.46. The second-order valence-electron chi connectivity index (χ2n) is 5.46. The smallest absolute Gasteiger partial charge is 0.311 e. The van der Waals surface area contributed by atoms with E-state index in [0.29, 0.717) is 38.9 Å². The zero-order valence-corrected chi connectivity index (χ0v) is 11.9. The highest BCUT2D eigenvalue weighted by Crippen LogP contribution is 2.34. The standard InChI is InChI=1S/C14H26N2O3/c1-2-14(13(18)19)8-10-16(11-14)12(17)7-5-3-4-6-9-15/h2-11,15H2,1H3,(H,18,19). The van der Waals surface area contributed by atoms with Crippen LogP contribution in [0.1, 0.15) is 51.9 Å². The van der Waals surface area contributed by atoms with Gasteiger partial charge in [-0.2, -0.15) is 0 Å². The maximum Gasteiger partial charge on any atom is 0.311 e. The third-order valence-electron chi connectivity index (χ3n) is 4.18. The summed E-state index contributed by atoms with van der Waals surface area (Å²) in [4.78, 5) is 25.0. The Balaban J connectivity index is 2.33. The molecule has 1 aliphatic rings. The summed E-state index contributed by atoms with van der Waals surface area (Å²) in [6.07, 6.45) is 5.67. The summed E-state index contributed by atoms with van der Waals surface area (Å²) < 4.78 is 0. The maximum absolute atomic E-state index is 12.0. The largest absolute Gasteiger partial charge is 0.481 e. The molecule has 5 nitrogen and oxygen atoms in total. The number of amides is 1. The number of aliphatic carboxylic acids is 1. The van der Waals surface area contributed by atoms with E-state index >= 15 is 0 Å². The Morgan fingerprint density at radius 3 is 2.47 bits per heavy atom. The molecule has 3 N–H and O–H groups in total. The summed E-state index contributed by atoms with van der Waals surface area (Å²) in [5.41, 5.74) is 4.70. The molecular formula is C14H26N2O3. The van der Waals surface area contributed by atoms with Crippen LogP contribution < -0.4 is 5.73 Å². The van der Waals surface area contributed by atoms with E-state index in [1.54, 1.807) is 4.90 Å². The Hall–Kier alpha value is -1.10. The number of carbonyl (C=O) groups excluding carboxylic acids is 1. The number of rotatable bonds is 8. The monoisotopic (exact) mass is 270 g/mol. The predicted molar refractivity (Wildman–Crippen MR) is 73.7 cm³/mol. The molecule has 1 saturated heterocycles. The van der Waals surface area contributed by atoms with Gasteiger partial charge in [-0.15, -0.1) is 0 Å². The Bertz CT molecular complexity index is 320. The van der Waals surface area contributed by atoms with Gasteiger partial charge in [0.2, 0.25) is 5.91 Å². The molecule has 5 heteroatoms. The topological polar surface area (TPSA) is 83.6 Å². The van der Waals surface area contributed by atoms with E-state index in [4.69, 9.17) is 5.73 Å². The molecule has 0 radical (unpaired) electrons. The summed E-state index contributed by atoms with van der Waals surface area (Å²) in [5.74, 6) is -0.669. The quantitative estimate of drug-likeness (QED) is 0.656. The van der Waals surface area contributed by atoms with E-state index in [1.165, 1.54) is 0 Å². The van der Waals surface area contributed by atoms with Gasteiger partial charge in [0.05, 0.1) is 5.41 Å². The van der Waals surface area contributed by atoms with Gasteiger partial charge in [0.25, 0.3) is 0 Å². The van der Waals surface area contributed by atoms with Crippen LogP contribution in [-0.4, -0.2) is 41.5 Å². The summed E-state index contributed by atoms with van der Waals surface area (Å²) >= 11 is 0. The zero-order valence-electron chi connectivity index (χ0n) is 11.9. The third kappa shape index (κ3) is 4.20. The lowest BCUT2D eigenvalue weighted by molar-refractivity contribution is -0.148. The third-order valence-corrected chi connectivity index (χ3v) is 4.18. The predicted octanol–water partition coefficient (Wildman–Crippen LogP) is 1.61. The molecule has 0 aromatic carbocycles. The first-order valence-electron chi connectivity index (χ1n) is 7.27. The fourth-order valence-corrected chi connectivity index (χ4v) is 2.63. The van der Waals surface area contributed by atoms with Crippen molar-refractivity contribution in [2.75, 3.05) is 19.6 Å².